The van der Waals surface area contributed by atoms with Crippen LogP contribution in [0.4, 0.5) is 0 Å². The van der Waals surface area contributed by atoms with Crippen LogP contribution in [0.15, 0.2) is 0 Å². The number of hydrogen-bond donors (Lipinski definition) is 2. The number of carboxylic acids is 1. The van der Waals surface area contributed by atoms with Gasteiger partial charge in [0.2, 0.25) is 5.91 Å². The van der Waals surface area contributed by atoms with Gasteiger partial charge in [0, 0.05) is 32.7 Å². The highest BCUT2D eigenvalue weighted by Gasteiger charge is 2.37. The molecule has 2 unspecified atom stereocenters. The standard InChI is InChI=1S/C13H23N3O3/c1-10-3-2-6-16(12(10)13(18)19)11(17)9-15-7-4-14-5-8-15/h10,12,14H,2-9H2,1H3,(H,18,19). The van der Waals surface area contributed by atoms with E-state index in [9.17, 15) is 14.7 Å². The van der Waals surface area contributed by atoms with Crippen LogP contribution in [0.25, 0.3) is 0 Å². The van der Waals surface area contributed by atoms with Crippen LogP contribution in [-0.4, -0.2) is 72.1 Å². The third-order valence-corrected chi connectivity index (χ3v) is 4.08. The number of amides is 1. The molecule has 2 N–H and O–H groups in total. The minimum Gasteiger partial charge on any atom is -0.480 e. The minimum atomic E-state index is -0.874. The highest BCUT2D eigenvalue weighted by Crippen LogP contribution is 2.23. The molecule has 2 aliphatic heterocycles. The summed E-state index contributed by atoms with van der Waals surface area (Å²) in [6, 6.07) is -0.649. The second kappa shape index (κ2) is 6.34. The summed E-state index contributed by atoms with van der Waals surface area (Å²) in [5.74, 6) is -0.875. The summed E-state index contributed by atoms with van der Waals surface area (Å²) in [6.07, 6.45) is 1.78. The molecule has 2 aliphatic rings. The number of carboxylic acid groups (broad SMARTS) is 1. The van der Waals surface area contributed by atoms with Crippen LogP contribution in [0.2, 0.25) is 0 Å². The topological polar surface area (TPSA) is 72.9 Å². The van der Waals surface area contributed by atoms with Crippen molar-refractivity contribution in [3.63, 3.8) is 0 Å². The number of rotatable bonds is 3. The number of aliphatic carboxylic acids is 1. The molecule has 2 fully saturated rings. The van der Waals surface area contributed by atoms with E-state index in [0.29, 0.717) is 13.1 Å². The highest BCUT2D eigenvalue weighted by atomic mass is 16.4. The zero-order valence-corrected chi connectivity index (χ0v) is 11.5. The molecular weight excluding hydrogens is 246 g/mol. The zero-order valence-electron chi connectivity index (χ0n) is 11.5. The van der Waals surface area contributed by atoms with E-state index in [1.165, 1.54) is 0 Å². The van der Waals surface area contributed by atoms with E-state index >= 15 is 0 Å². The van der Waals surface area contributed by atoms with E-state index in [4.69, 9.17) is 0 Å². The lowest BCUT2D eigenvalue weighted by Crippen LogP contribution is -2.55. The van der Waals surface area contributed by atoms with Gasteiger partial charge in [0.1, 0.15) is 6.04 Å². The van der Waals surface area contributed by atoms with Gasteiger partial charge < -0.3 is 15.3 Å². The van der Waals surface area contributed by atoms with Gasteiger partial charge in [-0.3, -0.25) is 9.69 Å². The number of nitrogens with zero attached hydrogens (tertiary/aromatic N) is 2. The van der Waals surface area contributed by atoms with Crippen molar-refractivity contribution in [1.82, 2.24) is 15.1 Å². The summed E-state index contributed by atoms with van der Waals surface area (Å²) in [4.78, 5) is 27.3. The molecule has 6 heteroatoms. The quantitative estimate of drug-likeness (QED) is 0.729. The SMILES string of the molecule is CC1CCCN(C(=O)CN2CCNCC2)C1C(=O)O. The fourth-order valence-corrected chi connectivity index (χ4v) is 3.00. The molecule has 0 spiro atoms. The first-order valence-corrected chi connectivity index (χ1v) is 7.05. The molecule has 2 atom stereocenters. The van der Waals surface area contributed by atoms with E-state index < -0.39 is 12.0 Å². The van der Waals surface area contributed by atoms with Gasteiger partial charge in [-0.15, -0.1) is 0 Å². The molecule has 0 bridgehead atoms. The van der Waals surface area contributed by atoms with Gasteiger partial charge in [-0.2, -0.15) is 0 Å². The molecule has 6 nitrogen and oxygen atoms in total. The Balaban J connectivity index is 1.97. The molecule has 108 valence electrons. The molecule has 2 heterocycles. The molecular formula is C13H23N3O3. The molecule has 1 amide bonds. The number of hydrogen-bond acceptors (Lipinski definition) is 4. The fraction of sp³-hybridized carbons (Fsp3) is 0.846. The Morgan fingerprint density at radius 2 is 1.95 bits per heavy atom. The Kier molecular flexibility index (Phi) is 4.76. The number of piperidine rings is 1. The first-order valence-electron chi connectivity index (χ1n) is 7.05. The Labute approximate surface area is 113 Å². The van der Waals surface area contributed by atoms with Crippen molar-refractivity contribution in [2.45, 2.75) is 25.8 Å². The van der Waals surface area contributed by atoms with E-state index in [-0.39, 0.29) is 11.8 Å². The first kappa shape index (κ1) is 14.3. The van der Waals surface area contributed by atoms with Gasteiger partial charge in [0.25, 0.3) is 0 Å². The predicted molar refractivity (Wildman–Crippen MR) is 70.8 cm³/mol. The maximum Gasteiger partial charge on any atom is 0.326 e. The maximum atomic E-state index is 12.3. The van der Waals surface area contributed by atoms with Gasteiger partial charge in [-0.05, 0) is 18.8 Å². The second-order valence-electron chi connectivity index (χ2n) is 5.52. The van der Waals surface area contributed by atoms with Crippen LogP contribution in [0.3, 0.4) is 0 Å². The van der Waals surface area contributed by atoms with Crippen LogP contribution in [0.5, 0.6) is 0 Å². The smallest absolute Gasteiger partial charge is 0.326 e. The van der Waals surface area contributed by atoms with Crippen LogP contribution in [-0.2, 0) is 9.59 Å². The molecule has 0 aromatic rings. The maximum absolute atomic E-state index is 12.3. The number of likely N-dealkylation sites (tertiary alicyclic amines) is 1. The Morgan fingerprint density at radius 1 is 1.26 bits per heavy atom. The summed E-state index contributed by atoms with van der Waals surface area (Å²) in [7, 11) is 0. The average molecular weight is 269 g/mol. The van der Waals surface area contributed by atoms with Crippen LogP contribution in [0, 0.1) is 5.92 Å². The van der Waals surface area contributed by atoms with Crippen molar-refractivity contribution in [3.8, 4) is 0 Å². The van der Waals surface area contributed by atoms with E-state index in [1.54, 1.807) is 4.90 Å². The molecule has 19 heavy (non-hydrogen) atoms. The van der Waals surface area contributed by atoms with Gasteiger partial charge in [-0.1, -0.05) is 6.92 Å². The summed E-state index contributed by atoms with van der Waals surface area (Å²) < 4.78 is 0. The largest absolute Gasteiger partial charge is 0.480 e. The monoisotopic (exact) mass is 269 g/mol. The summed E-state index contributed by atoms with van der Waals surface area (Å²) in [5.41, 5.74) is 0. The number of piperazine rings is 1. The van der Waals surface area contributed by atoms with Gasteiger partial charge in [0.15, 0.2) is 0 Å². The molecule has 0 aromatic carbocycles. The minimum absolute atomic E-state index is 0.0400. The summed E-state index contributed by atoms with van der Waals surface area (Å²) in [6.45, 7) is 6.34. The second-order valence-corrected chi connectivity index (χ2v) is 5.52. The average Bonchev–Trinajstić information content (AvgIpc) is 2.39. The van der Waals surface area contributed by atoms with E-state index in [2.05, 4.69) is 10.2 Å². The van der Waals surface area contributed by atoms with Crippen LogP contribution in [0.1, 0.15) is 19.8 Å². The predicted octanol–water partition coefficient (Wildman–Crippen LogP) is -0.397. The van der Waals surface area contributed by atoms with Crippen LogP contribution < -0.4 is 5.32 Å². The van der Waals surface area contributed by atoms with E-state index in [0.717, 1.165) is 39.0 Å². The number of nitrogens with one attached hydrogen (secondary N) is 1. The van der Waals surface area contributed by atoms with Crippen molar-refractivity contribution < 1.29 is 14.7 Å². The lowest BCUT2D eigenvalue weighted by Gasteiger charge is -2.38. The van der Waals surface area contributed by atoms with Crippen molar-refractivity contribution in [2.24, 2.45) is 5.92 Å². The van der Waals surface area contributed by atoms with Crippen molar-refractivity contribution in [2.75, 3.05) is 39.3 Å². The lowest BCUT2D eigenvalue weighted by molar-refractivity contribution is -0.155. The Hall–Kier alpha value is -1.14. The van der Waals surface area contributed by atoms with Gasteiger partial charge in [0.05, 0.1) is 6.54 Å². The number of carbonyl (C=O) groups is 2. The molecule has 0 radical (unpaired) electrons. The summed E-state index contributed by atoms with van der Waals surface area (Å²) >= 11 is 0. The van der Waals surface area contributed by atoms with E-state index in [1.807, 2.05) is 6.92 Å². The van der Waals surface area contributed by atoms with Crippen LogP contribution >= 0.6 is 0 Å². The first-order chi connectivity index (χ1) is 9.09. The van der Waals surface area contributed by atoms with Crippen molar-refractivity contribution in [3.05, 3.63) is 0 Å². The van der Waals surface area contributed by atoms with Crippen molar-refractivity contribution in [1.29, 1.82) is 0 Å². The highest BCUT2D eigenvalue weighted by molar-refractivity contribution is 5.85. The normalized spacial score (nSPS) is 29.2. The lowest BCUT2D eigenvalue weighted by atomic mass is 9.90. The number of carbonyl (C=O) groups excluding carboxylic acids is 1. The van der Waals surface area contributed by atoms with Crippen molar-refractivity contribution >= 4 is 11.9 Å². The third-order valence-electron chi connectivity index (χ3n) is 4.08. The molecule has 2 rings (SSSR count). The Morgan fingerprint density at radius 3 is 2.58 bits per heavy atom. The summed E-state index contributed by atoms with van der Waals surface area (Å²) in [5, 5.41) is 12.6. The molecule has 0 aliphatic carbocycles. The van der Waals surface area contributed by atoms with Gasteiger partial charge in [-0.25, -0.2) is 4.79 Å². The Bertz CT molecular complexity index is 342. The molecule has 0 saturated carbocycles. The van der Waals surface area contributed by atoms with Gasteiger partial charge >= 0.3 is 5.97 Å². The third kappa shape index (κ3) is 3.45. The molecule has 0 aromatic heterocycles. The fourth-order valence-electron chi connectivity index (χ4n) is 3.00. The molecule has 2 saturated heterocycles. The zero-order chi connectivity index (χ0) is 13.8.